The number of likely N-dealkylation sites (N-methyl/N-ethyl adjacent to an activating group) is 1. The lowest BCUT2D eigenvalue weighted by atomic mass is 10.2. The zero-order valence-corrected chi connectivity index (χ0v) is 14.0. The summed E-state index contributed by atoms with van der Waals surface area (Å²) in [5.41, 5.74) is 0. The Morgan fingerprint density at radius 2 is 1.91 bits per heavy atom. The number of carbonyl (C=O) groups excluding carboxylic acids is 1. The van der Waals surface area contributed by atoms with Crippen molar-refractivity contribution in [3.05, 3.63) is 24.3 Å². The maximum atomic E-state index is 12.2. The Balaban J connectivity index is 0.00000242. The quantitative estimate of drug-likeness (QED) is 0.832. The Morgan fingerprint density at radius 3 is 2.50 bits per heavy atom. The molecule has 0 aromatic heterocycles. The predicted molar refractivity (Wildman–Crippen MR) is 89.0 cm³/mol. The molecule has 1 amide bonds. The zero-order valence-electron chi connectivity index (χ0n) is 13.2. The average Bonchev–Trinajstić information content (AvgIpc) is 2.95. The van der Waals surface area contributed by atoms with Gasteiger partial charge in [0.25, 0.3) is 5.91 Å². The highest BCUT2D eigenvalue weighted by Crippen LogP contribution is 2.19. The van der Waals surface area contributed by atoms with Gasteiger partial charge in [-0.2, -0.15) is 0 Å². The summed E-state index contributed by atoms with van der Waals surface area (Å²) in [7, 11) is 1.91. The Bertz CT molecular complexity index is 453. The number of amides is 1. The minimum absolute atomic E-state index is 0. The molecule has 0 bridgehead atoms. The third-order valence-corrected chi connectivity index (χ3v) is 3.63. The maximum absolute atomic E-state index is 12.2. The van der Waals surface area contributed by atoms with Gasteiger partial charge in [0.05, 0.1) is 6.61 Å². The first-order valence-electron chi connectivity index (χ1n) is 7.54. The van der Waals surface area contributed by atoms with Crippen LogP contribution in [-0.2, 0) is 4.79 Å². The van der Waals surface area contributed by atoms with Crippen LogP contribution in [0.1, 0.15) is 19.8 Å². The summed E-state index contributed by atoms with van der Waals surface area (Å²) in [4.78, 5) is 14.1. The molecule has 0 spiro atoms. The fraction of sp³-hybridized carbons (Fsp3) is 0.562. The van der Waals surface area contributed by atoms with Crippen molar-refractivity contribution in [1.29, 1.82) is 0 Å². The number of likely N-dealkylation sites (tertiary alicyclic amines) is 1. The molecule has 1 heterocycles. The Labute approximate surface area is 138 Å². The molecule has 5 nitrogen and oxygen atoms in total. The van der Waals surface area contributed by atoms with Crippen molar-refractivity contribution in [3.8, 4) is 11.5 Å². The van der Waals surface area contributed by atoms with E-state index < -0.39 is 0 Å². The number of nitrogens with zero attached hydrogens (tertiary/aromatic N) is 1. The second-order valence-electron chi connectivity index (χ2n) is 5.13. The van der Waals surface area contributed by atoms with E-state index in [2.05, 4.69) is 5.32 Å². The number of carbonyl (C=O) groups is 1. The van der Waals surface area contributed by atoms with E-state index in [1.807, 2.05) is 43.1 Å². The van der Waals surface area contributed by atoms with Crippen LogP contribution in [0.15, 0.2) is 24.3 Å². The maximum Gasteiger partial charge on any atom is 0.260 e. The van der Waals surface area contributed by atoms with Crippen molar-refractivity contribution < 1.29 is 14.3 Å². The normalized spacial score (nSPS) is 17.0. The highest BCUT2D eigenvalue weighted by Gasteiger charge is 2.28. The fourth-order valence-corrected chi connectivity index (χ4v) is 2.64. The molecule has 22 heavy (non-hydrogen) atoms. The number of rotatable bonds is 7. The van der Waals surface area contributed by atoms with E-state index in [4.69, 9.17) is 9.47 Å². The minimum atomic E-state index is 0. The van der Waals surface area contributed by atoms with Crippen LogP contribution in [0.3, 0.4) is 0 Å². The molecule has 2 rings (SSSR count). The molecule has 1 atom stereocenters. The van der Waals surface area contributed by atoms with Gasteiger partial charge in [-0.15, -0.1) is 12.4 Å². The fourth-order valence-electron chi connectivity index (χ4n) is 2.64. The van der Waals surface area contributed by atoms with E-state index in [1.54, 1.807) is 0 Å². The molecular weight excluding hydrogens is 304 g/mol. The summed E-state index contributed by atoms with van der Waals surface area (Å²) in [5.74, 6) is 1.56. The third-order valence-electron chi connectivity index (χ3n) is 3.63. The number of benzene rings is 1. The van der Waals surface area contributed by atoms with Gasteiger partial charge < -0.3 is 19.7 Å². The molecule has 1 fully saturated rings. The van der Waals surface area contributed by atoms with Gasteiger partial charge in [-0.1, -0.05) is 0 Å². The van der Waals surface area contributed by atoms with Crippen LogP contribution in [0.5, 0.6) is 11.5 Å². The number of hydrogen-bond acceptors (Lipinski definition) is 4. The molecule has 0 aliphatic carbocycles. The molecule has 1 aromatic carbocycles. The molecule has 1 unspecified atom stereocenters. The molecule has 1 N–H and O–H groups in total. The molecular formula is C16H25ClN2O3. The van der Waals surface area contributed by atoms with Crippen molar-refractivity contribution in [2.24, 2.45) is 0 Å². The highest BCUT2D eigenvalue weighted by atomic mass is 35.5. The summed E-state index contributed by atoms with van der Waals surface area (Å²) in [5, 5.41) is 3.14. The minimum Gasteiger partial charge on any atom is -0.494 e. The van der Waals surface area contributed by atoms with Crippen molar-refractivity contribution in [1.82, 2.24) is 10.2 Å². The number of ether oxygens (including phenoxy) is 2. The number of hydrogen-bond donors (Lipinski definition) is 1. The van der Waals surface area contributed by atoms with Crippen molar-refractivity contribution in [3.63, 3.8) is 0 Å². The van der Waals surface area contributed by atoms with Gasteiger partial charge in [0.1, 0.15) is 11.5 Å². The first-order chi connectivity index (χ1) is 10.2. The van der Waals surface area contributed by atoms with Gasteiger partial charge in [0.15, 0.2) is 6.61 Å². The summed E-state index contributed by atoms with van der Waals surface area (Å²) in [6.07, 6.45) is 2.14. The Morgan fingerprint density at radius 1 is 1.27 bits per heavy atom. The highest BCUT2D eigenvalue weighted by molar-refractivity contribution is 5.85. The second-order valence-corrected chi connectivity index (χ2v) is 5.13. The zero-order chi connectivity index (χ0) is 15.1. The molecule has 1 aliphatic heterocycles. The lowest BCUT2D eigenvalue weighted by Gasteiger charge is -2.24. The summed E-state index contributed by atoms with van der Waals surface area (Å²) in [6.45, 7) is 4.35. The third kappa shape index (κ3) is 5.07. The second kappa shape index (κ2) is 9.54. The van der Waals surface area contributed by atoms with E-state index >= 15 is 0 Å². The standard InChI is InChI=1S/C16H24N2O3.ClH/c1-3-20-14-6-8-15(9-7-14)21-12-16(19)18-10-4-5-13(18)11-17-2;/h6-9,13,17H,3-5,10-12H2,1-2H3;1H. The number of halogens is 1. The first-order valence-corrected chi connectivity index (χ1v) is 7.54. The van der Waals surface area contributed by atoms with E-state index in [-0.39, 0.29) is 24.9 Å². The molecule has 124 valence electrons. The van der Waals surface area contributed by atoms with Crippen LogP contribution < -0.4 is 14.8 Å². The smallest absolute Gasteiger partial charge is 0.260 e. The molecule has 0 saturated carbocycles. The predicted octanol–water partition coefficient (Wildman–Crippen LogP) is 2.10. The number of nitrogens with one attached hydrogen (secondary N) is 1. The van der Waals surface area contributed by atoms with Crippen molar-refractivity contribution in [2.45, 2.75) is 25.8 Å². The lowest BCUT2D eigenvalue weighted by Crippen LogP contribution is -2.43. The average molecular weight is 329 g/mol. The van der Waals surface area contributed by atoms with Gasteiger partial charge in [0, 0.05) is 19.1 Å². The van der Waals surface area contributed by atoms with Gasteiger partial charge in [-0.3, -0.25) is 4.79 Å². The van der Waals surface area contributed by atoms with Gasteiger partial charge in [0.2, 0.25) is 0 Å². The van der Waals surface area contributed by atoms with Crippen LogP contribution in [0.4, 0.5) is 0 Å². The Kier molecular flexibility index (Phi) is 8.06. The largest absolute Gasteiger partial charge is 0.494 e. The van der Waals surface area contributed by atoms with Gasteiger partial charge in [-0.25, -0.2) is 0 Å². The molecule has 1 saturated heterocycles. The monoisotopic (exact) mass is 328 g/mol. The van der Waals surface area contributed by atoms with E-state index in [9.17, 15) is 4.79 Å². The molecule has 0 radical (unpaired) electrons. The lowest BCUT2D eigenvalue weighted by molar-refractivity contribution is -0.134. The Hall–Kier alpha value is -1.46. The van der Waals surface area contributed by atoms with Crippen LogP contribution in [0, 0.1) is 0 Å². The molecule has 1 aromatic rings. The molecule has 6 heteroatoms. The summed E-state index contributed by atoms with van der Waals surface area (Å²) in [6, 6.07) is 7.65. The summed E-state index contributed by atoms with van der Waals surface area (Å²) >= 11 is 0. The van der Waals surface area contributed by atoms with Crippen LogP contribution in [0.25, 0.3) is 0 Å². The van der Waals surface area contributed by atoms with Crippen LogP contribution in [0.2, 0.25) is 0 Å². The van der Waals surface area contributed by atoms with Crippen molar-refractivity contribution in [2.75, 3.05) is 33.4 Å². The first kappa shape index (κ1) is 18.6. The molecule has 1 aliphatic rings. The summed E-state index contributed by atoms with van der Waals surface area (Å²) < 4.78 is 10.9. The van der Waals surface area contributed by atoms with Crippen molar-refractivity contribution >= 4 is 18.3 Å². The van der Waals surface area contributed by atoms with E-state index in [0.717, 1.165) is 31.7 Å². The van der Waals surface area contributed by atoms with E-state index in [0.29, 0.717) is 18.4 Å². The van der Waals surface area contributed by atoms with Gasteiger partial charge >= 0.3 is 0 Å². The van der Waals surface area contributed by atoms with Gasteiger partial charge in [-0.05, 0) is 51.1 Å². The topological polar surface area (TPSA) is 50.8 Å². The van der Waals surface area contributed by atoms with Crippen LogP contribution >= 0.6 is 12.4 Å². The van der Waals surface area contributed by atoms with E-state index in [1.165, 1.54) is 0 Å². The SMILES string of the molecule is CCOc1ccc(OCC(=O)N2CCCC2CNC)cc1.Cl. The van der Waals surface area contributed by atoms with Crippen LogP contribution in [-0.4, -0.2) is 50.2 Å².